The van der Waals surface area contributed by atoms with Gasteiger partial charge < -0.3 is 8.85 Å². The van der Waals surface area contributed by atoms with Crippen LogP contribution in [-0.4, -0.2) is 21.8 Å². The van der Waals surface area contributed by atoms with Gasteiger partial charge in [0.05, 0.1) is 0 Å². The summed E-state index contributed by atoms with van der Waals surface area (Å²) in [5, 5.41) is 0. The second-order valence-corrected chi connectivity index (χ2v) is 12.6. The van der Waals surface area contributed by atoms with Crippen molar-refractivity contribution in [3.8, 4) is 0 Å². The van der Waals surface area contributed by atoms with E-state index in [1.165, 1.54) is 83.5 Å². The molecule has 0 aromatic heterocycles. The van der Waals surface area contributed by atoms with Gasteiger partial charge in [-0.2, -0.15) is 0 Å². The van der Waals surface area contributed by atoms with Crippen LogP contribution in [-0.2, 0) is 8.85 Å². The number of rotatable bonds is 21. The molecule has 0 bridgehead atoms. The third kappa shape index (κ3) is 16.8. The Kier molecular flexibility index (Phi) is 19.6. The molecule has 0 aliphatic heterocycles. The molecule has 0 radical (unpaired) electrons. The van der Waals surface area contributed by atoms with Crippen LogP contribution in [0.4, 0.5) is 0 Å². The molecule has 2 nitrogen and oxygen atoms in total. The fraction of sp³-hybridized carbons (Fsp3) is 1.00. The average Bonchev–Trinajstić information content (AvgIpc) is 2.66. The summed E-state index contributed by atoms with van der Waals surface area (Å²) in [5.74, 6) is 0.714. The van der Waals surface area contributed by atoms with Crippen molar-refractivity contribution in [2.45, 2.75) is 137 Å². The Morgan fingerprint density at radius 2 is 0.963 bits per heavy atom. The molecule has 164 valence electrons. The van der Waals surface area contributed by atoms with Crippen molar-refractivity contribution in [3.05, 3.63) is 0 Å². The molecule has 0 aliphatic carbocycles. The van der Waals surface area contributed by atoms with Gasteiger partial charge >= 0.3 is 8.56 Å². The van der Waals surface area contributed by atoms with E-state index in [0.29, 0.717) is 5.92 Å². The summed E-state index contributed by atoms with van der Waals surface area (Å²) in [5.41, 5.74) is 0. The van der Waals surface area contributed by atoms with E-state index in [1.54, 1.807) is 0 Å². The second kappa shape index (κ2) is 19.5. The molecule has 0 aliphatic rings. The van der Waals surface area contributed by atoms with E-state index in [2.05, 4.69) is 34.6 Å². The van der Waals surface area contributed by atoms with Crippen LogP contribution in [0.25, 0.3) is 0 Å². The Bertz CT molecular complexity index is 290. The molecule has 0 spiro atoms. The summed E-state index contributed by atoms with van der Waals surface area (Å²) in [6, 6.07) is 2.17. The highest BCUT2D eigenvalue weighted by molar-refractivity contribution is 6.67. The zero-order chi connectivity index (χ0) is 20.2. The molecule has 3 heteroatoms. The first kappa shape index (κ1) is 27.1. The van der Waals surface area contributed by atoms with E-state index in [1.807, 2.05) is 0 Å². The maximum atomic E-state index is 6.33. The van der Waals surface area contributed by atoms with E-state index in [9.17, 15) is 0 Å². The van der Waals surface area contributed by atoms with Gasteiger partial charge in [-0.25, -0.2) is 0 Å². The third-order valence-electron chi connectivity index (χ3n) is 5.75. The summed E-state index contributed by atoms with van der Waals surface area (Å²) in [7, 11) is -1.91. The molecule has 0 amide bonds. The van der Waals surface area contributed by atoms with Gasteiger partial charge in [-0.15, -0.1) is 0 Å². The van der Waals surface area contributed by atoms with Gasteiger partial charge in [0.2, 0.25) is 0 Å². The zero-order valence-electron chi connectivity index (χ0n) is 19.6. The molecule has 0 aromatic carbocycles. The third-order valence-corrected chi connectivity index (χ3v) is 9.37. The van der Waals surface area contributed by atoms with Crippen LogP contribution in [0.15, 0.2) is 0 Å². The SMILES string of the molecule is CCCCCCCCCCCCCCCO[Si](CC)(CC)OCCC(C)C. The minimum absolute atomic E-state index is 0.714. The van der Waals surface area contributed by atoms with Crippen molar-refractivity contribution in [1.82, 2.24) is 0 Å². The topological polar surface area (TPSA) is 18.5 Å². The van der Waals surface area contributed by atoms with E-state index in [4.69, 9.17) is 8.85 Å². The van der Waals surface area contributed by atoms with Crippen LogP contribution < -0.4 is 0 Å². The van der Waals surface area contributed by atoms with Crippen LogP contribution in [0.5, 0.6) is 0 Å². The monoisotopic (exact) mass is 400 g/mol. The molecular formula is C24H52O2Si. The zero-order valence-corrected chi connectivity index (χ0v) is 20.6. The summed E-state index contributed by atoms with van der Waals surface area (Å²) in [6.45, 7) is 13.1. The van der Waals surface area contributed by atoms with Crippen molar-refractivity contribution in [3.63, 3.8) is 0 Å². The van der Waals surface area contributed by atoms with Crippen LogP contribution in [0, 0.1) is 5.92 Å². The molecule has 0 unspecified atom stereocenters. The van der Waals surface area contributed by atoms with Gasteiger partial charge in [-0.3, -0.25) is 0 Å². The van der Waals surface area contributed by atoms with Crippen LogP contribution in [0.3, 0.4) is 0 Å². The predicted octanol–water partition coefficient (Wildman–Crippen LogP) is 8.64. The minimum atomic E-state index is -1.91. The lowest BCUT2D eigenvalue weighted by molar-refractivity contribution is 0.159. The normalized spacial score (nSPS) is 12.2. The van der Waals surface area contributed by atoms with Gasteiger partial charge in [-0.05, 0) is 30.8 Å². The molecule has 0 N–H and O–H groups in total. The minimum Gasteiger partial charge on any atom is -0.394 e. The molecular weight excluding hydrogens is 348 g/mol. The van der Waals surface area contributed by atoms with E-state index in [0.717, 1.165) is 31.7 Å². The van der Waals surface area contributed by atoms with Crippen molar-refractivity contribution >= 4 is 8.56 Å². The molecule has 27 heavy (non-hydrogen) atoms. The summed E-state index contributed by atoms with van der Waals surface area (Å²) in [4.78, 5) is 0. The van der Waals surface area contributed by atoms with Crippen molar-refractivity contribution < 1.29 is 8.85 Å². The van der Waals surface area contributed by atoms with Gasteiger partial charge in [0.1, 0.15) is 0 Å². The van der Waals surface area contributed by atoms with Crippen molar-refractivity contribution in [1.29, 1.82) is 0 Å². The number of hydrogen-bond acceptors (Lipinski definition) is 2. The van der Waals surface area contributed by atoms with Crippen LogP contribution in [0.2, 0.25) is 12.1 Å². The lowest BCUT2D eigenvalue weighted by atomic mass is 10.0. The smallest absolute Gasteiger partial charge is 0.337 e. The Labute approximate surface area is 173 Å². The second-order valence-electron chi connectivity index (χ2n) is 8.74. The largest absolute Gasteiger partial charge is 0.394 e. The average molecular weight is 401 g/mol. The fourth-order valence-electron chi connectivity index (χ4n) is 3.56. The van der Waals surface area contributed by atoms with E-state index in [-0.39, 0.29) is 0 Å². The number of hydrogen-bond donors (Lipinski definition) is 0. The maximum absolute atomic E-state index is 6.33. The molecule has 0 atom stereocenters. The van der Waals surface area contributed by atoms with Crippen LogP contribution >= 0.6 is 0 Å². The fourth-order valence-corrected chi connectivity index (χ4v) is 5.96. The standard InChI is InChI=1S/C24H52O2Si/c1-6-9-10-11-12-13-14-15-16-17-18-19-20-22-25-27(7-2,8-3)26-23-21-24(4)5/h24H,6-23H2,1-5H3. The summed E-state index contributed by atoms with van der Waals surface area (Å²) < 4.78 is 12.6. The van der Waals surface area contributed by atoms with Gasteiger partial charge in [-0.1, -0.05) is 112 Å². The maximum Gasteiger partial charge on any atom is 0.337 e. The Morgan fingerprint density at radius 1 is 0.556 bits per heavy atom. The molecule has 0 fully saturated rings. The lowest BCUT2D eigenvalue weighted by Gasteiger charge is -2.29. The Balaban J connectivity index is 3.52. The Morgan fingerprint density at radius 3 is 1.37 bits per heavy atom. The van der Waals surface area contributed by atoms with Crippen molar-refractivity contribution in [2.24, 2.45) is 5.92 Å². The lowest BCUT2D eigenvalue weighted by Crippen LogP contribution is -2.41. The summed E-state index contributed by atoms with van der Waals surface area (Å²) >= 11 is 0. The van der Waals surface area contributed by atoms with E-state index >= 15 is 0 Å². The van der Waals surface area contributed by atoms with Crippen molar-refractivity contribution in [2.75, 3.05) is 13.2 Å². The first-order valence-corrected chi connectivity index (χ1v) is 14.6. The molecule has 0 saturated heterocycles. The van der Waals surface area contributed by atoms with Gasteiger partial charge in [0.15, 0.2) is 0 Å². The molecule has 0 saturated carbocycles. The molecule has 0 rings (SSSR count). The molecule has 0 aromatic rings. The first-order chi connectivity index (χ1) is 13.1. The highest BCUT2D eigenvalue weighted by atomic mass is 28.4. The summed E-state index contributed by atoms with van der Waals surface area (Å²) in [6.07, 6.45) is 19.4. The highest BCUT2D eigenvalue weighted by Gasteiger charge is 2.33. The predicted molar refractivity (Wildman–Crippen MR) is 124 cm³/mol. The van der Waals surface area contributed by atoms with Crippen LogP contribution in [0.1, 0.15) is 125 Å². The highest BCUT2D eigenvalue weighted by Crippen LogP contribution is 2.20. The van der Waals surface area contributed by atoms with Gasteiger partial charge in [0, 0.05) is 13.2 Å². The number of unbranched alkanes of at least 4 members (excludes halogenated alkanes) is 12. The first-order valence-electron chi connectivity index (χ1n) is 12.4. The quantitative estimate of drug-likeness (QED) is 0.142. The Hall–Kier alpha value is 0.137. The van der Waals surface area contributed by atoms with E-state index < -0.39 is 8.56 Å². The molecule has 0 heterocycles. The van der Waals surface area contributed by atoms with Gasteiger partial charge in [0.25, 0.3) is 0 Å².